The highest BCUT2D eigenvalue weighted by Crippen LogP contribution is 2.33. The van der Waals surface area contributed by atoms with E-state index in [9.17, 15) is 13.6 Å². The first-order valence-electron chi connectivity index (χ1n) is 12.6. The summed E-state index contributed by atoms with van der Waals surface area (Å²) in [5.74, 6) is 0.167. The number of hydrogen-bond acceptors (Lipinski definition) is 6. The molecule has 0 spiro atoms. The number of piperidine rings is 1. The Kier molecular flexibility index (Phi) is 6.80. The largest absolute Gasteiger partial charge is 0.355 e. The van der Waals surface area contributed by atoms with Gasteiger partial charge < -0.3 is 14.4 Å². The molecule has 11 heteroatoms. The minimum atomic E-state index is -0.879. The van der Waals surface area contributed by atoms with E-state index < -0.39 is 11.6 Å². The van der Waals surface area contributed by atoms with Crippen molar-refractivity contribution in [2.45, 2.75) is 45.2 Å². The van der Waals surface area contributed by atoms with E-state index in [1.807, 2.05) is 34.1 Å². The lowest BCUT2D eigenvalue weighted by atomic mass is 9.95. The molecule has 4 heterocycles. The van der Waals surface area contributed by atoms with Crippen LogP contribution in [0.5, 0.6) is 0 Å². The van der Waals surface area contributed by atoms with Crippen molar-refractivity contribution in [2.75, 3.05) is 38.6 Å². The quantitative estimate of drug-likeness (QED) is 0.407. The molecule has 9 nitrogen and oxygen atoms in total. The predicted molar refractivity (Wildman–Crippen MR) is 139 cm³/mol. The Labute approximate surface area is 213 Å². The van der Waals surface area contributed by atoms with Gasteiger partial charge in [0.05, 0.1) is 5.69 Å². The van der Waals surface area contributed by atoms with Crippen LogP contribution in [0.15, 0.2) is 35.5 Å². The fourth-order valence-corrected chi connectivity index (χ4v) is 5.06. The number of rotatable bonds is 7. The standard InChI is InChI=1S/C26H32F2N8O/c1-16(2)36-22-23(32-26(36)37)29-15-30-25(22)34-9-7-17(8-10-34)24-31-21(14-35(24)12-11-33(3)4)18-5-6-19(27)20(28)13-18/h5-6,13-17H,7-12H2,1-4H3,(H,29,30,32,37). The minimum absolute atomic E-state index is 0.0255. The molecular formula is C26H32F2N8O. The Morgan fingerprint density at radius 1 is 1.14 bits per heavy atom. The molecule has 0 atom stereocenters. The van der Waals surface area contributed by atoms with E-state index in [2.05, 4.69) is 29.3 Å². The number of H-pyrrole nitrogens is 1. The summed E-state index contributed by atoms with van der Waals surface area (Å²) in [5.41, 5.74) is 2.29. The lowest BCUT2D eigenvalue weighted by molar-refractivity contribution is 0.372. The number of nitrogens with one attached hydrogen (secondary N) is 1. The first-order valence-corrected chi connectivity index (χ1v) is 12.6. The van der Waals surface area contributed by atoms with E-state index in [0.717, 1.165) is 62.2 Å². The molecule has 0 saturated carbocycles. The second kappa shape index (κ2) is 10.0. The van der Waals surface area contributed by atoms with Gasteiger partial charge in [-0.25, -0.2) is 28.5 Å². The molecule has 37 heavy (non-hydrogen) atoms. The molecule has 1 fully saturated rings. The van der Waals surface area contributed by atoms with Crippen molar-refractivity contribution >= 4 is 17.0 Å². The van der Waals surface area contributed by atoms with Gasteiger partial charge in [-0.15, -0.1) is 0 Å². The fraction of sp³-hybridized carbons (Fsp3) is 0.462. The smallest absolute Gasteiger partial charge is 0.328 e. The van der Waals surface area contributed by atoms with Gasteiger partial charge in [-0.05, 0) is 59.0 Å². The van der Waals surface area contributed by atoms with Crippen LogP contribution in [-0.2, 0) is 6.54 Å². The van der Waals surface area contributed by atoms with E-state index >= 15 is 0 Å². The number of halogens is 2. The van der Waals surface area contributed by atoms with Gasteiger partial charge in [-0.2, -0.15) is 0 Å². The van der Waals surface area contributed by atoms with Crippen LogP contribution in [0.2, 0.25) is 0 Å². The Hall–Kier alpha value is -3.60. The molecule has 0 amide bonds. The molecule has 5 rings (SSSR count). The Morgan fingerprint density at radius 3 is 2.57 bits per heavy atom. The Bertz CT molecular complexity index is 1460. The highest BCUT2D eigenvalue weighted by molar-refractivity contribution is 5.83. The molecule has 3 aromatic heterocycles. The van der Waals surface area contributed by atoms with Crippen LogP contribution < -0.4 is 10.6 Å². The van der Waals surface area contributed by atoms with Crippen molar-refractivity contribution in [3.63, 3.8) is 0 Å². The Balaban J connectivity index is 1.42. The van der Waals surface area contributed by atoms with Crippen LogP contribution in [-0.4, -0.2) is 67.7 Å². The molecule has 0 aliphatic carbocycles. The van der Waals surface area contributed by atoms with Crippen LogP contribution in [0.25, 0.3) is 22.4 Å². The van der Waals surface area contributed by atoms with Gasteiger partial charge in [0.1, 0.15) is 17.7 Å². The third-order valence-electron chi connectivity index (χ3n) is 6.97. The molecule has 0 radical (unpaired) electrons. The number of fused-ring (bicyclic) bond motifs is 1. The third kappa shape index (κ3) is 4.87. The van der Waals surface area contributed by atoms with Crippen LogP contribution in [0.4, 0.5) is 14.6 Å². The maximum atomic E-state index is 13.9. The van der Waals surface area contributed by atoms with Gasteiger partial charge >= 0.3 is 5.69 Å². The molecule has 1 saturated heterocycles. The van der Waals surface area contributed by atoms with Gasteiger partial charge in [0.2, 0.25) is 0 Å². The van der Waals surface area contributed by atoms with Gasteiger partial charge in [0.25, 0.3) is 0 Å². The summed E-state index contributed by atoms with van der Waals surface area (Å²) in [6, 6.07) is 3.88. The first-order chi connectivity index (χ1) is 17.7. The second-order valence-electron chi connectivity index (χ2n) is 10.2. The maximum absolute atomic E-state index is 13.9. The van der Waals surface area contributed by atoms with Gasteiger partial charge in [-0.3, -0.25) is 9.55 Å². The molecule has 1 aromatic carbocycles. The predicted octanol–water partition coefficient (Wildman–Crippen LogP) is 3.79. The van der Waals surface area contributed by atoms with Crippen LogP contribution in [0.1, 0.15) is 44.5 Å². The third-order valence-corrected chi connectivity index (χ3v) is 6.97. The maximum Gasteiger partial charge on any atom is 0.328 e. The molecule has 196 valence electrons. The highest BCUT2D eigenvalue weighted by Gasteiger charge is 2.28. The van der Waals surface area contributed by atoms with Crippen LogP contribution in [0.3, 0.4) is 0 Å². The number of aromatic nitrogens is 6. The number of nitrogens with zero attached hydrogens (tertiary/aromatic N) is 7. The van der Waals surface area contributed by atoms with E-state index in [4.69, 9.17) is 4.98 Å². The summed E-state index contributed by atoms with van der Waals surface area (Å²) < 4.78 is 31.3. The van der Waals surface area contributed by atoms with Crippen molar-refractivity contribution in [1.82, 2.24) is 34.0 Å². The molecule has 1 aliphatic heterocycles. The van der Waals surface area contributed by atoms with Gasteiger partial charge in [0.15, 0.2) is 23.1 Å². The monoisotopic (exact) mass is 510 g/mol. The van der Waals surface area contributed by atoms with Crippen LogP contribution in [0, 0.1) is 11.6 Å². The number of anilines is 1. The van der Waals surface area contributed by atoms with E-state index in [1.54, 1.807) is 10.6 Å². The number of benzene rings is 1. The van der Waals surface area contributed by atoms with E-state index in [0.29, 0.717) is 16.9 Å². The summed E-state index contributed by atoms with van der Waals surface area (Å²) in [7, 11) is 4.04. The fourth-order valence-electron chi connectivity index (χ4n) is 5.06. The SMILES string of the molecule is CC(C)n1c(=O)[nH]c2ncnc(N3CCC(c4nc(-c5ccc(F)c(F)c5)cn4CCN(C)C)CC3)c21. The topological polar surface area (TPSA) is 87.9 Å². The average Bonchev–Trinajstić information content (AvgIpc) is 3.45. The Morgan fingerprint density at radius 2 is 1.89 bits per heavy atom. The minimum Gasteiger partial charge on any atom is -0.355 e. The van der Waals surface area contributed by atoms with Gasteiger partial charge in [0, 0.05) is 49.9 Å². The summed E-state index contributed by atoms with van der Waals surface area (Å²) in [5, 5.41) is 0. The van der Waals surface area contributed by atoms with Crippen molar-refractivity contribution in [3.8, 4) is 11.3 Å². The van der Waals surface area contributed by atoms with E-state index in [1.165, 1.54) is 12.4 Å². The molecule has 4 aromatic rings. The number of imidazole rings is 2. The van der Waals surface area contributed by atoms with Crippen molar-refractivity contribution < 1.29 is 8.78 Å². The normalized spacial score (nSPS) is 15.0. The van der Waals surface area contributed by atoms with Crippen molar-refractivity contribution in [1.29, 1.82) is 0 Å². The average molecular weight is 511 g/mol. The zero-order chi connectivity index (χ0) is 26.3. The van der Waals surface area contributed by atoms with Crippen molar-refractivity contribution in [3.05, 3.63) is 58.7 Å². The number of likely N-dealkylation sites (N-methyl/N-ethyl adjacent to an activating group) is 1. The number of aromatic amines is 1. The zero-order valence-electron chi connectivity index (χ0n) is 21.6. The molecular weight excluding hydrogens is 478 g/mol. The second-order valence-corrected chi connectivity index (χ2v) is 10.2. The molecule has 0 bridgehead atoms. The lowest BCUT2D eigenvalue weighted by Gasteiger charge is -2.33. The number of hydrogen-bond donors (Lipinski definition) is 1. The molecule has 0 unspecified atom stereocenters. The van der Waals surface area contributed by atoms with Crippen LogP contribution >= 0.6 is 0 Å². The molecule has 1 aliphatic rings. The van der Waals surface area contributed by atoms with Crippen molar-refractivity contribution in [2.24, 2.45) is 0 Å². The molecule has 1 N–H and O–H groups in total. The summed E-state index contributed by atoms with van der Waals surface area (Å²) in [6.45, 7) is 7.00. The first kappa shape index (κ1) is 25.1. The summed E-state index contributed by atoms with van der Waals surface area (Å²) in [6.07, 6.45) is 5.12. The summed E-state index contributed by atoms with van der Waals surface area (Å²) in [4.78, 5) is 33.4. The van der Waals surface area contributed by atoms with Gasteiger partial charge in [-0.1, -0.05) is 0 Å². The summed E-state index contributed by atoms with van der Waals surface area (Å²) >= 11 is 0. The highest BCUT2D eigenvalue weighted by atomic mass is 19.2. The van der Waals surface area contributed by atoms with E-state index in [-0.39, 0.29) is 17.6 Å². The zero-order valence-corrected chi connectivity index (χ0v) is 21.6. The lowest BCUT2D eigenvalue weighted by Crippen LogP contribution is -2.35.